The van der Waals surface area contributed by atoms with Crippen LogP contribution in [0.5, 0.6) is 0 Å². The molecule has 0 atom stereocenters. The zero-order chi connectivity index (χ0) is 14.3. The van der Waals surface area contributed by atoms with Crippen LogP contribution in [-0.2, 0) is 15.4 Å². The molecule has 1 fully saturated rings. The molecule has 0 aromatic heterocycles. The van der Waals surface area contributed by atoms with Crippen LogP contribution in [0.3, 0.4) is 0 Å². The topological polar surface area (TPSA) is 58.2 Å². The highest BCUT2D eigenvalue weighted by molar-refractivity contribution is 7.89. The lowest BCUT2D eigenvalue weighted by Crippen LogP contribution is -2.56. The van der Waals surface area contributed by atoms with Gasteiger partial charge < -0.3 is 5.32 Å². The minimum Gasteiger partial charge on any atom is -0.313 e. The van der Waals surface area contributed by atoms with E-state index in [4.69, 9.17) is 0 Å². The van der Waals surface area contributed by atoms with Gasteiger partial charge in [0.1, 0.15) is 0 Å². The first-order valence-electron chi connectivity index (χ1n) is 6.54. The van der Waals surface area contributed by atoms with E-state index in [9.17, 15) is 8.42 Å². The summed E-state index contributed by atoms with van der Waals surface area (Å²) in [7, 11) is -3.42. The number of benzene rings is 1. The van der Waals surface area contributed by atoms with Gasteiger partial charge in [-0.25, -0.2) is 13.1 Å². The van der Waals surface area contributed by atoms with Crippen LogP contribution in [0.2, 0.25) is 0 Å². The van der Waals surface area contributed by atoms with Gasteiger partial charge in [0.25, 0.3) is 0 Å². The maximum Gasteiger partial charge on any atom is 0.241 e. The Balaban J connectivity index is 2.37. The van der Waals surface area contributed by atoms with Gasteiger partial charge in [-0.3, -0.25) is 0 Å². The second kappa shape index (κ2) is 4.89. The molecule has 0 unspecified atom stereocenters. The van der Waals surface area contributed by atoms with Crippen LogP contribution < -0.4 is 10.0 Å². The van der Waals surface area contributed by atoms with Gasteiger partial charge in [-0.2, -0.15) is 0 Å². The molecule has 1 heterocycles. The molecule has 4 nitrogen and oxygen atoms in total. The highest BCUT2D eigenvalue weighted by Gasteiger charge is 2.26. The van der Waals surface area contributed by atoms with Gasteiger partial charge in [0, 0.05) is 19.1 Å². The Morgan fingerprint density at radius 2 is 1.89 bits per heavy atom. The normalized spacial score (nSPS) is 17.3. The summed E-state index contributed by atoms with van der Waals surface area (Å²) in [4.78, 5) is 0.395. The second-order valence-corrected chi connectivity index (χ2v) is 7.89. The summed E-state index contributed by atoms with van der Waals surface area (Å²) in [6.45, 7) is 9.49. The molecule has 0 radical (unpaired) electrons. The molecule has 0 saturated carbocycles. The first-order chi connectivity index (χ1) is 8.70. The summed E-state index contributed by atoms with van der Waals surface area (Å²) in [6, 6.07) is 5.69. The van der Waals surface area contributed by atoms with Gasteiger partial charge in [-0.15, -0.1) is 0 Å². The zero-order valence-corrected chi connectivity index (χ0v) is 12.8. The molecule has 0 bridgehead atoms. The van der Waals surface area contributed by atoms with Gasteiger partial charge in [-0.1, -0.05) is 32.9 Å². The highest BCUT2D eigenvalue weighted by atomic mass is 32.2. The Morgan fingerprint density at radius 1 is 1.26 bits per heavy atom. The van der Waals surface area contributed by atoms with Crippen LogP contribution in [0.1, 0.15) is 31.9 Å². The molecular formula is C14H22N2O2S. The fourth-order valence-corrected chi connectivity index (χ4v) is 3.52. The molecular weight excluding hydrogens is 260 g/mol. The Labute approximate surface area is 115 Å². The monoisotopic (exact) mass is 282 g/mol. The smallest absolute Gasteiger partial charge is 0.241 e. The highest BCUT2D eigenvalue weighted by Crippen LogP contribution is 2.26. The summed E-state index contributed by atoms with van der Waals surface area (Å²) in [5.41, 5.74) is 1.76. The summed E-state index contributed by atoms with van der Waals surface area (Å²) in [5, 5.41) is 3.06. The number of hydrogen-bond donors (Lipinski definition) is 2. The maximum atomic E-state index is 12.4. The van der Waals surface area contributed by atoms with Crippen molar-refractivity contribution in [2.24, 2.45) is 0 Å². The molecule has 2 rings (SSSR count). The average Bonchev–Trinajstić information content (AvgIpc) is 2.22. The second-order valence-electron chi connectivity index (χ2n) is 6.21. The molecule has 19 heavy (non-hydrogen) atoms. The van der Waals surface area contributed by atoms with Crippen molar-refractivity contribution in [3.63, 3.8) is 0 Å². The van der Waals surface area contributed by atoms with E-state index in [0.29, 0.717) is 18.0 Å². The third kappa shape index (κ3) is 3.16. The van der Waals surface area contributed by atoms with E-state index < -0.39 is 10.0 Å². The van der Waals surface area contributed by atoms with Gasteiger partial charge in [0.2, 0.25) is 10.0 Å². The zero-order valence-electron chi connectivity index (χ0n) is 11.9. The van der Waals surface area contributed by atoms with Crippen molar-refractivity contribution in [1.82, 2.24) is 10.0 Å². The molecule has 1 aliphatic rings. The lowest BCUT2D eigenvalue weighted by Gasteiger charge is -2.28. The minimum atomic E-state index is -3.42. The van der Waals surface area contributed by atoms with Gasteiger partial charge >= 0.3 is 0 Å². The van der Waals surface area contributed by atoms with Crippen molar-refractivity contribution in [2.75, 3.05) is 13.1 Å². The van der Waals surface area contributed by atoms with E-state index in [0.717, 1.165) is 11.1 Å². The quantitative estimate of drug-likeness (QED) is 0.884. The predicted octanol–water partition coefficient (Wildman–Crippen LogP) is 1.54. The largest absolute Gasteiger partial charge is 0.313 e. The Bertz CT molecular complexity index is 570. The van der Waals surface area contributed by atoms with Crippen LogP contribution in [0.4, 0.5) is 0 Å². The lowest BCUT2D eigenvalue weighted by atomic mass is 9.87. The number of sulfonamides is 1. The molecule has 106 valence electrons. The number of hydrogen-bond acceptors (Lipinski definition) is 3. The number of rotatable bonds is 3. The molecule has 0 amide bonds. The van der Waals surface area contributed by atoms with Crippen LogP contribution in [0, 0.1) is 6.92 Å². The van der Waals surface area contributed by atoms with Crippen molar-refractivity contribution < 1.29 is 8.42 Å². The third-order valence-electron chi connectivity index (χ3n) is 3.45. The molecule has 0 aliphatic carbocycles. The Hall–Kier alpha value is -0.910. The lowest BCUT2D eigenvalue weighted by molar-refractivity contribution is 0.410. The molecule has 1 saturated heterocycles. The van der Waals surface area contributed by atoms with Crippen molar-refractivity contribution in [3.8, 4) is 0 Å². The van der Waals surface area contributed by atoms with Gasteiger partial charge in [-0.05, 0) is 29.5 Å². The Morgan fingerprint density at radius 3 is 2.37 bits per heavy atom. The van der Waals surface area contributed by atoms with E-state index in [1.807, 2.05) is 19.1 Å². The summed E-state index contributed by atoms with van der Waals surface area (Å²) in [5.74, 6) is 0. The molecule has 1 aliphatic heterocycles. The molecule has 1 aromatic carbocycles. The maximum absolute atomic E-state index is 12.4. The molecule has 0 spiro atoms. The SMILES string of the molecule is Cc1ccc(C(C)(C)C)cc1S(=O)(=O)NC1CNC1. The molecule has 1 aromatic rings. The van der Waals surface area contributed by atoms with Crippen LogP contribution in [-0.4, -0.2) is 27.5 Å². The standard InChI is InChI=1S/C14H22N2O2S/c1-10-5-6-11(14(2,3)4)7-13(10)19(17,18)16-12-8-15-9-12/h5-7,12,15-16H,8-9H2,1-4H3. The van der Waals surface area contributed by atoms with E-state index in [1.165, 1.54) is 0 Å². The van der Waals surface area contributed by atoms with Gasteiger partial charge in [0.05, 0.1) is 4.90 Å². The average molecular weight is 282 g/mol. The van der Waals surface area contributed by atoms with E-state index in [2.05, 4.69) is 30.8 Å². The summed E-state index contributed by atoms with van der Waals surface area (Å²) in [6.07, 6.45) is 0. The van der Waals surface area contributed by atoms with Crippen LogP contribution >= 0.6 is 0 Å². The number of nitrogens with one attached hydrogen (secondary N) is 2. The summed E-state index contributed by atoms with van der Waals surface area (Å²) >= 11 is 0. The fraction of sp³-hybridized carbons (Fsp3) is 0.571. The number of aryl methyl sites for hydroxylation is 1. The minimum absolute atomic E-state index is 0.0164. The van der Waals surface area contributed by atoms with Crippen molar-refractivity contribution in [1.29, 1.82) is 0 Å². The van der Waals surface area contributed by atoms with Gasteiger partial charge in [0.15, 0.2) is 0 Å². The molecule has 2 N–H and O–H groups in total. The van der Waals surface area contributed by atoms with Crippen molar-refractivity contribution >= 4 is 10.0 Å². The fourth-order valence-electron chi connectivity index (χ4n) is 2.01. The van der Waals surface area contributed by atoms with Crippen molar-refractivity contribution in [3.05, 3.63) is 29.3 Å². The van der Waals surface area contributed by atoms with E-state index in [-0.39, 0.29) is 11.5 Å². The first kappa shape index (κ1) is 14.5. The Kier molecular flexibility index (Phi) is 3.73. The summed E-state index contributed by atoms with van der Waals surface area (Å²) < 4.78 is 27.5. The third-order valence-corrected chi connectivity index (χ3v) is 5.11. The van der Waals surface area contributed by atoms with E-state index in [1.54, 1.807) is 6.07 Å². The molecule has 5 heteroatoms. The predicted molar refractivity (Wildman–Crippen MR) is 76.9 cm³/mol. The van der Waals surface area contributed by atoms with Crippen LogP contribution in [0.15, 0.2) is 23.1 Å². The first-order valence-corrected chi connectivity index (χ1v) is 8.03. The van der Waals surface area contributed by atoms with Crippen LogP contribution in [0.25, 0.3) is 0 Å². The van der Waals surface area contributed by atoms with E-state index >= 15 is 0 Å². The van der Waals surface area contributed by atoms with Crippen molar-refractivity contribution in [2.45, 2.75) is 44.0 Å².